The fourth-order valence-electron chi connectivity index (χ4n) is 4.42. The van der Waals surface area contributed by atoms with Crippen molar-refractivity contribution < 1.29 is 28.1 Å². The summed E-state index contributed by atoms with van der Waals surface area (Å²) in [6.45, 7) is 4.21. The minimum absolute atomic E-state index is 0.0853. The molecule has 3 N–H and O–H groups in total. The minimum atomic E-state index is -4.60. The second kappa shape index (κ2) is 11.8. The Bertz CT molecular complexity index is 967. The lowest BCUT2D eigenvalue weighted by atomic mass is 9.93. The Morgan fingerprint density at radius 2 is 1.94 bits per heavy atom. The fraction of sp³-hybridized carbons (Fsp3) is 0.600. The van der Waals surface area contributed by atoms with Crippen molar-refractivity contribution in [2.45, 2.75) is 90.6 Å². The van der Waals surface area contributed by atoms with Crippen LogP contribution in [0.1, 0.15) is 81.0 Å². The van der Waals surface area contributed by atoms with Gasteiger partial charge in [0.1, 0.15) is 11.4 Å². The molecule has 2 aromatic rings. The van der Waals surface area contributed by atoms with Gasteiger partial charge in [0.05, 0.1) is 18.8 Å². The van der Waals surface area contributed by atoms with Crippen molar-refractivity contribution >= 4 is 5.82 Å². The first-order valence-corrected chi connectivity index (χ1v) is 12.1. The van der Waals surface area contributed by atoms with E-state index in [4.69, 9.17) is 4.74 Å². The number of halogens is 3. The molecule has 0 spiro atoms. The summed E-state index contributed by atoms with van der Waals surface area (Å²) in [5.41, 5.74) is 0.932. The number of ether oxygens (including phenoxy) is 1. The number of hydrogen-bond acceptors (Lipinski definition) is 6. The number of phenolic OH excluding ortho intramolecular Hbond substituents is 1. The van der Waals surface area contributed by atoms with Gasteiger partial charge in [0.2, 0.25) is 0 Å². The highest BCUT2D eigenvalue weighted by Gasteiger charge is 2.33. The van der Waals surface area contributed by atoms with Gasteiger partial charge >= 0.3 is 6.18 Å². The Morgan fingerprint density at radius 1 is 1.15 bits per heavy atom. The van der Waals surface area contributed by atoms with Crippen LogP contribution in [-0.2, 0) is 30.5 Å². The van der Waals surface area contributed by atoms with Gasteiger partial charge in [0.25, 0.3) is 0 Å². The standard InChI is InChI=1S/C25H34F3N3O3/c1-3-5-6-7-9-18(4-2)29-24-20(14-32)19-10-8-11-34-15-16-12-17(25(26,27)28)13-21(33)22(16)23(19)30-31-24/h12-13,18,32-33H,3-11,14-15H2,1-2H3,(H,29,31). The molecule has 3 rings (SSSR count). The number of alkyl halides is 3. The van der Waals surface area contributed by atoms with E-state index in [1.54, 1.807) is 0 Å². The van der Waals surface area contributed by atoms with Gasteiger partial charge in [0.15, 0.2) is 5.82 Å². The van der Waals surface area contributed by atoms with Gasteiger partial charge in [0, 0.05) is 23.8 Å². The van der Waals surface area contributed by atoms with Crippen molar-refractivity contribution in [2.24, 2.45) is 0 Å². The van der Waals surface area contributed by atoms with Crippen molar-refractivity contribution in [1.82, 2.24) is 10.2 Å². The van der Waals surface area contributed by atoms with Crippen LogP contribution in [0.15, 0.2) is 12.1 Å². The van der Waals surface area contributed by atoms with E-state index in [0.717, 1.165) is 38.2 Å². The van der Waals surface area contributed by atoms with Crippen LogP contribution >= 0.6 is 0 Å². The number of aromatic nitrogens is 2. The van der Waals surface area contributed by atoms with Crippen LogP contribution in [0.25, 0.3) is 11.3 Å². The Hall–Kier alpha value is -2.39. The summed E-state index contributed by atoms with van der Waals surface area (Å²) in [4.78, 5) is 0. The van der Waals surface area contributed by atoms with Crippen LogP contribution in [0, 0.1) is 0 Å². The third kappa shape index (κ3) is 6.18. The molecular weight excluding hydrogens is 447 g/mol. The molecule has 1 aromatic carbocycles. The monoisotopic (exact) mass is 481 g/mol. The van der Waals surface area contributed by atoms with E-state index in [-0.39, 0.29) is 36.1 Å². The van der Waals surface area contributed by atoms with Gasteiger partial charge in [-0.15, -0.1) is 10.2 Å². The average molecular weight is 482 g/mol. The largest absolute Gasteiger partial charge is 0.507 e. The number of benzene rings is 1. The van der Waals surface area contributed by atoms with Crippen molar-refractivity contribution in [3.05, 3.63) is 34.4 Å². The number of nitrogens with one attached hydrogen (secondary N) is 1. The van der Waals surface area contributed by atoms with Crippen LogP contribution in [0.4, 0.5) is 19.0 Å². The zero-order valence-electron chi connectivity index (χ0n) is 19.8. The molecular formula is C25H34F3N3O3. The van der Waals surface area contributed by atoms with E-state index in [2.05, 4.69) is 29.4 Å². The molecule has 1 aliphatic rings. The Morgan fingerprint density at radius 3 is 2.62 bits per heavy atom. The van der Waals surface area contributed by atoms with Crippen molar-refractivity contribution in [3.63, 3.8) is 0 Å². The molecule has 6 nitrogen and oxygen atoms in total. The zero-order chi connectivity index (χ0) is 24.7. The van der Waals surface area contributed by atoms with E-state index >= 15 is 0 Å². The highest BCUT2D eigenvalue weighted by atomic mass is 19.4. The number of unbranched alkanes of at least 4 members (excludes halogenated alkanes) is 3. The predicted octanol–water partition coefficient (Wildman–Crippen LogP) is 5.98. The van der Waals surface area contributed by atoms with Crippen LogP contribution in [0.5, 0.6) is 5.75 Å². The first-order chi connectivity index (χ1) is 16.3. The zero-order valence-corrected chi connectivity index (χ0v) is 19.8. The molecule has 1 unspecified atom stereocenters. The maximum atomic E-state index is 13.3. The fourth-order valence-corrected chi connectivity index (χ4v) is 4.42. The molecule has 0 radical (unpaired) electrons. The summed E-state index contributed by atoms with van der Waals surface area (Å²) in [6, 6.07) is 1.86. The van der Waals surface area contributed by atoms with Crippen molar-refractivity contribution in [1.29, 1.82) is 0 Å². The van der Waals surface area contributed by atoms with Gasteiger partial charge in [-0.3, -0.25) is 0 Å². The Kier molecular flexibility index (Phi) is 9.13. The van der Waals surface area contributed by atoms with Gasteiger partial charge < -0.3 is 20.3 Å². The third-order valence-corrected chi connectivity index (χ3v) is 6.32. The topological polar surface area (TPSA) is 87.5 Å². The minimum Gasteiger partial charge on any atom is -0.507 e. The van der Waals surface area contributed by atoms with Crippen molar-refractivity contribution in [2.75, 3.05) is 11.9 Å². The predicted molar refractivity (Wildman–Crippen MR) is 124 cm³/mol. The summed E-state index contributed by atoms with van der Waals surface area (Å²) in [6.07, 6.45) is 2.94. The number of anilines is 1. The SMILES string of the molecule is CCCCCCC(CC)Nc1nnc2c(c1CO)CCCOCc1cc(C(F)(F)F)cc(O)c1-2. The first kappa shape index (κ1) is 26.2. The Labute approximate surface area is 198 Å². The Balaban J connectivity index is 2.03. The number of nitrogens with zero attached hydrogens (tertiary/aromatic N) is 2. The summed E-state index contributed by atoms with van der Waals surface area (Å²) in [5.74, 6) is -0.0467. The molecule has 1 atom stereocenters. The maximum absolute atomic E-state index is 13.3. The van der Waals surface area contributed by atoms with E-state index in [0.29, 0.717) is 42.5 Å². The van der Waals surface area contributed by atoms with Crippen LogP contribution < -0.4 is 5.32 Å². The second-order valence-electron chi connectivity index (χ2n) is 8.79. The normalized spacial score (nSPS) is 15.0. The molecule has 9 heteroatoms. The summed E-state index contributed by atoms with van der Waals surface area (Å²) in [7, 11) is 0. The molecule has 0 fully saturated rings. The van der Waals surface area contributed by atoms with Gasteiger partial charge in [-0.25, -0.2) is 0 Å². The highest BCUT2D eigenvalue weighted by Crippen LogP contribution is 2.42. The van der Waals surface area contributed by atoms with Gasteiger partial charge in [-0.1, -0.05) is 39.5 Å². The smallest absolute Gasteiger partial charge is 0.416 e. The average Bonchev–Trinajstić information content (AvgIpc) is 2.89. The third-order valence-electron chi connectivity index (χ3n) is 6.32. The molecule has 0 saturated heterocycles. The number of aliphatic hydroxyl groups excluding tert-OH is 1. The van der Waals surface area contributed by atoms with E-state index in [1.165, 1.54) is 6.42 Å². The molecule has 188 valence electrons. The second-order valence-corrected chi connectivity index (χ2v) is 8.79. The molecule has 0 aliphatic carbocycles. The number of aliphatic hydroxyl groups is 1. The van der Waals surface area contributed by atoms with E-state index in [9.17, 15) is 23.4 Å². The number of phenols is 1. The first-order valence-electron chi connectivity index (χ1n) is 12.1. The molecule has 34 heavy (non-hydrogen) atoms. The molecule has 0 bridgehead atoms. The molecule has 0 saturated carbocycles. The summed E-state index contributed by atoms with van der Waals surface area (Å²) >= 11 is 0. The van der Waals surface area contributed by atoms with Gasteiger partial charge in [-0.05, 0) is 48.9 Å². The molecule has 1 aromatic heterocycles. The lowest BCUT2D eigenvalue weighted by molar-refractivity contribution is -0.137. The molecule has 2 heterocycles. The number of hydrogen-bond donors (Lipinski definition) is 3. The van der Waals surface area contributed by atoms with Gasteiger partial charge in [-0.2, -0.15) is 13.2 Å². The van der Waals surface area contributed by atoms with E-state index in [1.807, 2.05) is 0 Å². The quantitative estimate of drug-likeness (QED) is 0.382. The van der Waals surface area contributed by atoms with Crippen molar-refractivity contribution in [3.8, 4) is 17.0 Å². The lowest BCUT2D eigenvalue weighted by Crippen LogP contribution is -2.22. The number of fused-ring (bicyclic) bond motifs is 3. The van der Waals surface area contributed by atoms with Crippen LogP contribution in [-0.4, -0.2) is 33.1 Å². The van der Waals surface area contributed by atoms with Crippen LogP contribution in [0.3, 0.4) is 0 Å². The van der Waals surface area contributed by atoms with E-state index < -0.39 is 17.5 Å². The molecule has 1 aliphatic heterocycles. The number of aromatic hydroxyl groups is 1. The summed E-state index contributed by atoms with van der Waals surface area (Å²) in [5, 5.41) is 32.9. The summed E-state index contributed by atoms with van der Waals surface area (Å²) < 4.78 is 45.6. The van der Waals surface area contributed by atoms with Crippen LogP contribution in [0.2, 0.25) is 0 Å². The lowest BCUT2D eigenvalue weighted by Gasteiger charge is -2.22. The highest BCUT2D eigenvalue weighted by molar-refractivity contribution is 5.76. The maximum Gasteiger partial charge on any atom is 0.416 e. The number of rotatable bonds is 9. The molecule has 0 amide bonds.